The molecule has 3 rings (SSSR count). The number of anilines is 1. The number of halogens is 1. The molecule has 0 saturated heterocycles. The summed E-state index contributed by atoms with van der Waals surface area (Å²) in [5.74, 6) is 0. The van der Waals surface area contributed by atoms with Gasteiger partial charge < -0.3 is 5.32 Å². The summed E-state index contributed by atoms with van der Waals surface area (Å²) in [6.07, 6.45) is 2.90. The quantitative estimate of drug-likeness (QED) is 0.664. The first kappa shape index (κ1) is 14.1. The Labute approximate surface area is 131 Å². The third-order valence-corrected chi connectivity index (χ3v) is 4.36. The Bertz CT molecular complexity index is 688. The highest BCUT2D eigenvalue weighted by atomic mass is 79.9. The molecule has 5 heteroatoms. The lowest BCUT2D eigenvalue weighted by Gasteiger charge is -2.26. The Morgan fingerprint density at radius 1 is 1.19 bits per heavy atom. The van der Waals surface area contributed by atoms with E-state index < -0.39 is 0 Å². The maximum absolute atomic E-state index is 11.1. The Balaban J connectivity index is 1.82. The molecule has 2 aromatic rings. The molecule has 0 spiro atoms. The van der Waals surface area contributed by atoms with Gasteiger partial charge in [-0.2, -0.15) is 0 Å². The van der Waals surface area contributed by atoms with Gasteiger partial charge in [0.05, 0.1) is 4.92 Å². The van der Waals surface area contributed by atoms with E-state index in [1.54, 1.807) is 12.1 Å². The van der Waals surface area contributed by atoms with Gasteiger partial charge >= 0.3 is 0 Å². The van der Waals surface area contributed by atoms with Crippen LogP contribution < -0.4 is 5.32 Å². The molecular formula is C16H15BrN2O2. The van der Waals surface area contributed by atoms with E-state index in [2.05, 4.69) is 39.4 Å². The predicted octanol–water partition coefficient (Wildman–Crippen LogP) is 4.33. The lowest BCUT2D eigenvalue weighted by Crippen LogP contribution is -2.27. The lowest BCUT2D eigenvalue weighted by molar-refractivity contribution is -0.384. The van der Waals surface area contributed by atoms with Crippen LogP contribution in [-0.4, -0.2) is 11.0 Å². The Morgan fingerprint density at radius 2 is 1.95 bits per heavy atom. The molecule has 0 fully saturated rings. The summed E-state index contributed by atoms with van der Waals surface area (Å²) < 4.78 is 0.840. The smallest absolute Gasteiger partial charge is 0.292 e. The van der Waals surface area contributed by atoms with Crippen molar-refractivity contribution < 1.29 is 4.92 Å². The van der Waals surface area contributed by atoms with E-state index in [1.807, 2.05) is 6.07 Å². The van der Waals surface area contributed by atoms with Crippen LogP contribution in [0.1, 0.15) is 17.5 Å². The van der Waals surface area contributed by atoms with Crippen LogP contribution in [0.3, 0.4) is 0 Å². The monoisotopic (exact) mass is 346 g/mol. The fourth-order valence-corrected chi connectivity index (χ4v) is 3.19. The van der Waals surface area contributed by atoms with Crippen molar-refractivity contribution in [1.82, 2.24) is 0 Å². The zero-order chi connectivity index (χ0) is 14.8. The van der Waals surface area contributed by atoms with E-state index in [0.29, 0.717) is 5.69 Å². The molecule has 0 radical (unpaired) electrons. The van der Waals surface area contributed by atoms with E-state index in [0.717, 1.165) is 23.7 Å². The molecule has 1 unspecified atom stereocenters. The van der Waals surface area contributed by atoms with Gasteiger partial charge in [0.15, 0.2) is 0 Å². The van der Waals surface area contributed by atoms with Crippen LogP contribution in [0.5, 0.6) is 0 Å². The predicted molar refractivity (Wildman–Crippen MR) is 86.7 cm³/mol. The summed E-state index contributed by atoms with van der Waals surface area (Å²) in [6.45, 7) is 0. The highest BCUT2D eigenvalue weighted by molar-refractivity contribution is 9.10. The first-order chi connectivity index (χ1) is 10.1. The van der Waals surface area contributed by atoms with Crippen molar-refractivity contribution in [3.05, 3.63) is 68.2 Å². The van der Waals surface area contributed by atoms with Gasteiger partial charge in [0.25, 0.3) is 5.69 Å². The summed E-state index contributed by atoms with van der Waals surface area (Å²) in [7, 11) is 0. The number of nitrogens with one attached hydrogen (secondary N) is 1. The number of benzene rings is 2. The zero-order valence-corrected chi connectivity index (χ0v) is 13.0. The summed E-state index contributed by atoms with van der Waals surface area (Å²) in [5, 5.41) is 14.5. The number of hydrogen-bond donors (Lipinski definition) is 1. The highest BCUT2D eigenvalue weighted by Gasteiger charge is 2.21. The maximum Gasteiger partial charge on any atom is 0.292 e. The molecule has 0 aliphatic heterocycles. The largest absolute Gasteiger partial charge is 0.376 e. The molecule has 4 nitrogen and oxygen atoms in total. The minimum absolute atomic E-state index is 0.122. The molecule has 1 aliphatic rings. The van der Waals surface area contributed by atoms with Crippen LogP contribution in [0.25, 0.3) is 0 Å². The van der Waals surface area contributed by atoms with Crippen molar-refractivity contribution >= 4 is 27.3 Å². The SMILES string of the molecule is O=[N+]([O-])c1ccc(Br)cc1NC1CCc2ccccc2C1. The molecule has 0 heterocycles. The van der Waals surface area contributed by atoms with E-state index in [4.69, 9.17) is 0 Å². The van der Waals surface area contributed by atoms with Gasteiger partial charge in [-0.15, -0.1) is 0 Å². The molecule has 0 aromatic heterocycles. The molecular weight excluding hydrogens is 332 g/mol. The van der Waals surface area contributed by atoms with Crippen molar-refractivity contribution in [2.75, 3.05) is 5.32 Å². The number of nitro benzene ring substituents is 1. The molecule has 0 saturated carbocycles. The molecule has 1 N–H and O–H groups in total. The van der Waals surface area contributed by atoms with Gasteiger partial charge in [0.2, 0.25) is 0 Å². The van der Waals surface area contributed by atoms with Crippen molar-refractivity contribution in [3.8, 4) is 0 Å². The molecule has 2 aromatic carbocycles. The van der Waals surface area contributed by atoms with E-state index >= 15 is 0 Å². The Morgan fingerprint density at radius 3 is 2.71 bits per heavy atom. The van der Waals surface area contributed by atoms with Gasteiger partial charge in [0, 0.05) is 16.6 Å². The molecule has 0 bridgehead atoms. The molecule has 108 valence electrons. The number of aryl methyl sites for hydroxylation is 1. The summed E-state index contributed by atoms with van der Waals surface area (Å²) >= 11 is 3.37. The van der Waals surface area contributed by atoms with Gasteiger partial charge in [-0.1, -0.05) is 40.2 Å². The topological polar surface area (TPSA) is 55.2 Å². The van der Waals surface area contributed by atoms with Crippen molar-refractivity contribution in [2.24, 2.45) is 0 Å². The van der Waals surface area contributed by atoms with Gasteiger partial charge in [-0.3, -0.25) is 10.1 Å². The summed E-state index contributed by atoms with van der Waals surface area (Å²) in [4.78, 5) is 10.8. The number of nitro groups is 1. The second-order valence-corrected chi connectivity index (χ2v) is 6.19. The molecule has 21 heavy (non-hydrogen) atoms. The number of rotatable bonds is 3. The van der Waals surface area contributed by atoms with Crippen molar-refractivity contribution in [3.63, 3.8) is 0 Å². The Kier molecular flexibility index (Phi) is 3.92. The van der Waals surface area contributed by atoms with Crippen LogP contribution in [0.4, 0.5) is 11.4 Å². The number of nitrogens with zero attached hydrogens (tertiary/aromatic N) is 1. The van der Waals surface area contributed by atoms with E-state index in [9.17, 15) is 10.1 Å². The number of hydrogen-bond acceptors (Lipinski definition) is 3. The zero-order valence-electron chi connectivity index (χ0n) is 11.4. The Hall–Kier alpha value is -1.88. The maximum atomic E-state index is 11.1. The summed E-state index contributed by atoms with van der Waals surface area (Å²) in [6, 6.07) is 13.6. The molecule has 0 amide bonds. The lowest BCUT2D eigenvalue weighted by atomic mass is 9.88. The highest BCUT2D eigenvalue weighted by Crippen LogP contribution is 2.31. The standard InChI is InChI=1S/C16H15BrN2O2/c17-13-6-8-16(19(20)21)15(10-13)18-14-7-5-11-3-1-2-4-12(11)9-14/h1-4,6,8,10,14,18H,5,7,9H2. The molecule has 1 atom stereocenters. The third-order valence-electron chi connectivity index (χ3n) is 3.86. The second-order valence-electron chi connectivity index (χ2n) is 5.27. The first-order valence-corrected chi connectivity index (χ1v) is 7.70. The van der Waals surface area contributed by atoms with Gasteiger partial charge in [-0.05, 0) is 42.5 Å². The minimum atomic E-state index is -0.342. The van der Waals surface area contributed by atoms with Crippen LogP contribution in [0.15, 0.2) is 46.9 Å². The van der Waals surface area contributed by atoms with Crippen LogP contribution >= 0.6 is 15.9 Å². The van der Waals surface area contributed by atoms with Crippen LogP contribution in [0.2, 0.25) is 0 Å². The normalized spacial score (nSPS) is 17.1. The van der Waals surface area contributed by atoms with Crippen LogP contribution in [-0.2, 0) is 12.8 Å². The fourth-order valence-electron chi connectivity index (χ4n) is 2.82. The average molecular weight is 347 g/mol. The molecule has 1 aliphatic carbocycles. The summed E-state index contributed by atoms with van der Waals surface area (Å²) in [5.41, 5.74) is 3.43. The minimum Gasteiger partial charge on any atom is -0.376 e. The van der Waals surface area contributed by atoms with Crippen molar-refractivity contribution in [2.45, 2.75) is 25.3 Å². The fraction of sp³-hybridized carbons (Fsp3) is 0.250. The van der Waals surface area contributed by atoms with Gasteiger partial charge in [-0.25, -0.2) is 0 Å². The second kappa shape index (κ2) is 5.85. The number of fused-ring (bicyclic) bond motifs is 1. The van der Waals surface area contributed by atoms with E-state index in [-0.39, 0.29) is 16.7 Å². The first-order valence-electron chi connectivity index (χ1n) is 6.91. The van der Waals surface area contributed by atoms with E-state index in [1.165, 1.54) is 17.2 Å². The van der Waals surface area contributed by atoms with Crippen molar-refractivity contribution in [1.29, 1.82) is 0 Å². The third kappa shape index (κ3) is 3.08. The van der Waals surface area contributed by atoms with Crippen LogP contribution in [0, 0.1) is 10.1 Å². The van der Waals surface area contributed by atoms with Gasteiger partial charge in [0.1, 0.15) is 5.69 Å². The average Bonchev–Trinajstić information content (AvgIpc) is 2.47.